The molecule has 2 aliphatic rings. The molecule has 4 nitrogen and oxygen atoms in total. The number of aliphatic hydroxyl groups excluding tert-OH is 1. The fraction of sp³-hybridized carbons (Fsp3) is 0.462. The van der Waals surface area contributed by atoms with Crippen LogP contribution >= 0.6 is 0 Å². The first-order valence-corrected chi connectivity index (χ1v) is 5.84. The SMILES string of the molecule is N#Cc1c2c(c(CCO)c3c1OCC3)OCC2. The fourth-order valence-electron chi connectivity index (χ4n) is 2.70. The Morgan fingerprint density at radius 3 is 2.53 bits per heavy atom. The molecule has 0 aromatic heterocycles. The summed E-state index contributed by atoms with van der Waals surface area (Å²) in [6.45, 7) is 1.32. The molecule has 3 rings (SSSR count). The molecule has 0 radical (unpaired) electrons. The van der Waals surface area contributed by atoms with E-state index < -0.39 is 0 Å². The minimum absolute atomic E-state index is 0.0914. The highest BCUT2D eigenvalue weighted by atomic mass is 16.5. The van der Waals surface area contributed by atoms with Gasteiger partial charge in [0, 0.05) is 36.1 Å². The zero-order valence-corrected chi connectivity index (χ0v) is 9.45. The van der Waals surface area contributed by atoms with Crippen molar-refractivity contribution in [1.29, 1.82) is 5.26 Å². The summed E-state index contributed by atoms with van der Waals surface area (Å²) in [5.41, 5.74) is 3.67. The first-order chi connectivity index (χ1) is 8.36. The van der Waals surface area contributed by atoms with Crippen molar-refractivity contribution >= 4 is 0 Å². The average Bonchev–Trinajstić information content (AvgIpc) is 2.96. The maximum Gasteiger partial charge on any atom is 0.141 e. The number of hydrogen-bond acceptors (Lipinski definition) is 4. The second-order valence-corrected chi connectivity index (χ2v) is 4.25. The van der Waals surface area contributed by atoms with Crippen LogP contribution in [0, 0.1) is 11.3 Å². The number of benzene rings is 1. The molecule has 1 aromatic carbocycles. The van der Waals surface area contributed by atoms with Crippen LogP contribution in [0.2, 0.25) is 0 Å². The van der Waals surface area contributed by atoms with Gasteiger partial charge in [-0.2, -0.15) is 5.26 Å². The molecule has 0 unspecified atom stereocenters. The molecule has 4 heteroatoms. The fourth-order valence-corrected chi connectivity index (χ4v) is 2.70. The summed E-state index contributed by atoms with van der Waals surface area (Å²) in [7, 11) is 0. The quantitative estimate of drug-likeness (QED) is 0.823. The van der Waals surface area contributed by atoms with E-state index >= 15 is 0 Å². The topological polar surface area (TPSA) is 62.5 Å². The van der Waals surface area contributed by atoms with Crippen molar-refractivity contribution in [3.8, 4) is 17.6 Å². The maximum atomic E-state index is 9.25. The number of aliphatic hydroxyl groups is 1. The molecule has 2 aliphatic heterocycles. The number of ether oxygens (including phenoxy) is 2. The molecule has 2 heterocycles. The number of hydrogen-bond donors (Lipinski definition) is 1. The van der Waals surface area contributed by atoms with Gasteiger partial charge in [0.15, 0.2) is 0 Å². The Kier molecular flexibility index (Phi) is 2.41. The van der Waals surface area contributed by atoms with Crippen LogP contribution in [-0.4, -0.2) is 24.9 Å². The normalized spacial score (nSPS) is 15.8. The summed E-state index contributed by atoms with van der Waals surface area (Å²) in [6.07, 6.45) is 2.13. The molecule has 0 spiro atoms. The smallest absolute Gasteiger partial charge is 0.141 e. The lowest BCUT2D eigenvalue weighted by molar-refractivity contribution is 0.294. The standard InChI is InChI=1S/C13H13NO3/c14-7-11-10-3-6-16-12(10)8(1-4-15)9-2-5-17-13(9)11/h15H,1-6H2. The zero-order valence-electron chi connectivity index (χ0n) is 9.45. The van der Waals surface area contributed by atoms with Gasteiger partial charge in [0.1, 0.15) is 23.1 Å². The van der Waals surface area contributed by atoms with Crippen molar-refractivity contribution in [2.45, 2.75) is 19.3 Å². The van der Waals surface area contributed by atoms with E-state index in [4.69, 9.17) is 14.6 Å². The Morgan fingerprint density at radius 2 is 1.82 bits per heavy atom. The molecular weight excluding hydrogens is 218 g/mol. The van der Waals surface area contributed by atoms with Crippen molar-refractivity contribution in [1.82, 2.24) is 0 Å². The van der Waals surface area contributed by atoms with Crippen LogP contribution in [0.3, 0.4) is 0 Å². The van der Waals surface area contributed by atoms with Gasteiger partial charge in [-0.3, -0.25) is 0 Å². The van der Waals surface area contributed by atoms with Crippen LogP contribution in [0.4, 0.5) is 0 Å². The lowest BCUT2D eigenvalue weighted by atomic mass is 9.93. The molecule has 0 fully saturated rings. The minimum atomic E-state index is 0.0914. The Hall–Kier alpha value is -1.73. The summed E-state index contributed by atoms with van der Waals surface area (Å²) in [5, 5.41) is 18.4. The second-order valence-electron chi connectivity index (χ2n) is 4.25. The van der Waals surface area contributed by atoms with Gasteiger partial charge in [-0.05, 0) is 6.42 Å². The van der Waals surface area contributed by atoms with Gasteiger partial charge in [-0.15, -0.1) is 0 Å². The van der Waals surface area contributed by atoms with E-state index in [0.29, 0.717) is 25.2 Å². The van der Waals surface area contributed by atoms with Crippen molar-refractivity contribution in [2.24, 2.45) is 0 Å². The number of fused-ring (bicyclic) bond motifs is 2. The zero-order chi connectivity index (χ0) is 11.8. The van der Waals surface area contributed by atoms with Gasteiger partial charge in [0.05, 0.1) is 13.2 Å². The molecule has 0 saturated heterocycles. The van der Waals surface area contributed by atoms with E-state index in [0.717, 1.165) is 41.0 Å². The first-order valence-electron chi connectivity index (χ1n) is 5.84. The Balaban J connectivity index is 2.27. The summed E-state index contributed by atoms with van der Waals surface area (Å²) < 4.78 is 11.2. The summed E-state index contributed by atoms with van der Waals surface area (Å²) in [5.74, 6) is 1.54. The van der Waals surface area contributed by atoms with Gasteiger partial charge in [-0.25, -0.2) is 0 Å². The first kappa shape index (κ1) is 10.4. The van der Waals surface area contributed by atoms with Crippen molar-refractivity contribution in [3.05, 3.63) is 22.3 Å². The Morgan fingerprint density at radius 1 is 1.12 bits per heavy atom. The highest BCUT2D eigenvalue weighted by molar-refractivity contribution is 5.65. The molecule has 0 saturated carbocycles. The number of rotatable bonds is 2. The van der Waals surface area contributed by atoms with Crippen LogP contribution in [-0.2, 0) is 19.3 Å². The highest BCUT2D eigenvalue weighted by Gasteiger charge is 2.30. The number of nitrogens with zero attached hydrogens (tertiary/aromatic N) is 1. The Bertz CT molecular complexity index is 481. The minimum Gasteiger partial charge on any atom is -0.493 e. The van der Waals surface area contributed by atoms with E-state index in [1.165, 1.54) is 0 Å². The molecule has 1 N–H and O–H groups in total. The van der Waals surface area contributed by atoms with Crippen LogP contribution in [0.5, 0.6) is 11.5 Å². The monoisotopic (exact) mass is 231 g/mol. The molecule has 0 atom stereocenters. The van der Waals surface area contributed by atoms with Gasteiger partial charge in [-0.1, -0.05) is 0 Å². The van der Waals surface area contributed by atoms with Gasteiger partial charge >= 0.3 is 0 Å². The third-order valence-corrected chi connectivity index (χ3v) is 3.39. The number of nitriles is 1. The van der Waals surface area contributed by atoms with Crippen LogP contribution in [0.25, 0.3) is 0 Å². The van der Waals surface area contributed by atoms with E-state index in [1.807, 2.05) is 0 Å². The van der Waals surface area contributed by atoms with E-state index in [1.54, 1.807) is 0 Å². The largest absolute Gasteiger partial charge is 0.493 e. The second kappa shape index (κ2) is 3.94. The van der Waals surface area contributed by atoms with E-state index in [9.17, 15) is 5.26 Å². The molecule has 0 aliphatic carbocycles. The highest BCUT2D eigenvalue weighted by Crippen LogP contribution is 2.44. The van der Waals surface area contributed by atoms with Crippen LogP contribution in [0.1, 0.15) is 22.3 Å². The van der Waals surface area contributed by atoms with E-state index in [2.05, 4.69) is 6.07 Å². The summed E-state index contributed by atoms with van der Waals surface area (Å²) >= 11 is 0. The molecular formula is C13H13NO3. The van der Waals surface area contributed by atoms with Crippen molar-refractivity contribution in [2.75, 3.05) is 19.8 Å². The lowest BCUT2D eigenvalue weighted by Gasteiger charge is -2.13. The molecule has 1 aromatic rings. The van der Waals surface area contributed by atoms with E-state index in [-0.39, 0.29) is 6.61 Å². The predicted octanol–water partition coefficient (Wildman–Crippen LogP) is 0.963. The third-order valence-electron chi connectivity index (χ3n) is 3.39. The average molecular weight is 231 g/mol. The molecule has 88 valence electrons. The van der Waals surface area contributed by atoms with Gasteiger partial charge < -0.3 is 14.6 Å². The molecule has 0 bridgehead atoms. The summed E-state index contributed by atoms with van der Waals surface area (Å²) in [6, 6.07) is 2.23. The van der Waals surface area contributed by atoms with Crippen molar-refractivity contribution < 1.29 is 14.6 Å². The lowest BCUT2D eigenvalue weighted by Crippen LogP contribution is -2.01. The van der Waals surface area contributed by atoms with Crippen LogP contribution in [0.15, 0.2) is 0 Å². The Labute approximate surface area is 99.4 Å². The van der Waals surface area contributed by atoms with Gasteiger partial charge in [0.2, 0.25) is 0 Å². The predicted molar refractivity (Wildman–Crippen MR) is 60.3 cm³/mol. The van der Waals surface area contributed by atoms with Crippen molar-refractivity contribution in [3.63, 3.8) is 0 Å². The van der Waals surface area contributed by atoms with Crippen LogP contribution < -0.4 is 9.47 Å². The third kappa shape index (κ3) is 1.39. The maximum absolute atomic E-state index is 9.25. The molecule has 0 amide bonds. The summed E-state index contributed by atoms with van der Waals surface area (Å²) in [4.78, 5) is 0. The van der Waals surface area contributed by atoms with Gasteiger partial charge in [0.25, 0.3) is 0 Å². The molecule has 17 heavy (non-hydrogen) atoms.